The molecule has 0 radical (unpaired) electrons. The third kappa shape index (κ3) is 16.5. The van der Waals surface area contributed by atoms with Crippen LogP contribution in [0.5, 0.6) is 17.2 Å². The second-order valence-electron chi connectivity index (χ2n) is 14.9. The van der Waals surface area contributed by atoms with E-state index in [0.29, 0.717) is 40.6 Å². The molecule has 308 valence electrons. The maximum Gasteiger partial charge on any atom is 0.343 e. The highest BCUT2D eigenvalue weighted by atomic mass is 16.5. The number of unbranched alkanes of at least 4 members (excludes halogenated alkanes) is 12. The molecule has 0 bridgehead atoms. The molecular formula is C51H59N3O5. The minimum absolute atomic E-state index is 0.369. The van der Waals surface area contributed by atoms with Crippen LogP contribution < -0.4 is 14.2 Å². The SMILES string of the molecule is CCCCCCCCCCc1ccc(N=Nc2ccc(OC(=O)c3cccc(N=Cc4ccc(OC(=O)c5ccc(OCCCCCCCC)cc5)cc4)c3)cc2)cc1. The highest BCUT2D eigenvalue weighted by Gasteiger charge is 2.11. The van der Waals surface area contributed by atoms with Crippen LogP contribution in [0.2, 0.25) is 0 Å². The number of rotatable bonds is 25. The quantitative estimate of drug-likeness (QED) is 0.0193. The minimum Gasteiger partial charge on any atom is -0.494 e. The molecular weight excluding hydrogens is 735 g/mol. The molecule has 0 aromatic heterocycles. The smallest absolute Gasteiger partial charge is 0.343 e. The first-order valence-electron chi connectivity index (χ1n) is 21.5. The summed E-state index contributed by atoms with van der Waals surface area (Å²) in [6.45, 7) is 5.15. The van der Waals surface area contributed by atoms with Gasteiger partial charge in [-0.15, -0.1) is 0 Å². The van der Waals surface area contributed by atoms with E-state index in [9.17, 15) is 9.59 Å². The fraction of sp³-hybridized carbons (Fsp3) is 0.353. The predicted molar refractivity (Wildman–Crippen MR) is 239 cm³/mol. The molecule has 0 amide bonds. The molecule has 8 nitrogen and oxygen atoms in total. The van der Waals surface area contributed by atoms with E-state index >= 15 is 0 Å². The van der Waals surface area contributed by atoms with Gasteiger partial charge in [0.2, 0.25) is 0 Å². The number of benzene rings is 5. The Morgan fingerprint density at radius 1 is 0.492 bits per heavy atom. The third-order valence-corrected chi connectivity index (χ3v) is 9.98. The number of hydrogen-bond donors (Lipinski definition) is 0. The van der Waals surface area contributed by atoms with Gasteiger partial charge in [0.05, 0.1) is 34.8 Å². The van der Waals surface area contributed by atoms with Crippen molar-refractivity contribution >= 4 is 35.2 Å². The summed E-state index contributed by atoms with van der Waals surface area (Å²) in [7, 11) is 0. The summed E-state index contributed by atoms with van der Waals surface area (Å²) in [6.07, 6.45) is 20.6. The highest BCUT2D eigenvalue weighted by molar-refractivity contribution is 5.93. The average Bonchev–Trinajstić information content (AvgIpc) is 3.27. The zero-order valence-electron chi connectivity index (χ0n) is 34.8. The maximum atomic E-state index is 13.0. The normalized spacial score (nSPS) is 11.3. The molecule has 5 aromatic carbocycles. The summed E-state index contributed by atoms with van der Waals surface area (Å²) in [6, 6.07) is 36.2. The number of carbonyl (C=O) groups excluding carboxylic acids is 2. The number of aryl methyl sites for hydroxylation is 1. The molecule has 8 heteroatoms. The highest BCUT2D eigenvalue weighted by Crippen LogP contribution is 2.24. The average molecular weight is 794 g/mol. The van der Waals surface area contributed by atoms with Crippen LogP contribution in [0, 0.1) is 0 Å². The summed E-state index contributed by atoms with van der Waals surface area (Å²) >= 11 is 0. The Hall–Kier alpha value is -5.89. The zero-order valence-corrected chi connectivity index (χ0v) is 34.8. The van der Waals surface area contributed by atoms with Gasteiger partial charge in [-0.3, -0.25) is 4.99 Å². The molecule has 0 atom stereocenters. The van der Waals surface area contributed by atoms with Crippen LogP contribution in [0.25, 0.3) is 0 Å². The van der Waals surface area contributed by atoms with Gasteiger partial charge in [-0.05, 0) is 134 Å². The second kappa shape index (κ2) is 25.5. The van der Waals surface area contributed by atoms with Crippen LogP contribution in [0.3, 0.4) is 0 Å². The van der Waals surface area contributed by atoms with Crippen molar-refractivity contribution in [2.24, 2.45) is 15.2 Å². The van der Waals surface area contributed by atoms with Gasteiger partial charge in [-0.1, -0.05) is 109 Å². The monoisotopic (exact) mass is 793 g/mol. The van der Waals surface area contributed by atoms with E-state index in [1.165, 1.54) is 89.0 Å². The first-order valence-corrected chi connectivity index (χ1v) is 21.5. The van der Waals surface area contributed by atoms with Gasteiger partial charge >= 0.3 is 11.9 Å². The number of carbonyl (C=O) groups is 2. The molecule has 0 heterocycles. The topological polar surface area (TPSA) is 98.9 Å². The summed E-state index contributed by atoms with van der Waals surface area (Å²) in [5.41, 5.74) is 4.98. The van der Waals surface area contributed by atoms with E-state index in [0.717, 1.165) is 29.8 Å². The van der Waals surface area contributed by atoms with Crippen LogP contribution in [0.15, 0.2) is 137 Å². The van der Waals surface area contributed by atoms with E-state index in [1.807, 2.05) is 24.3 Å². The molecule has 0 saturated carbocycles. The lowest BCUT2D eigenvalue weighted by Crippen LogP contribution is -2.08. The van der Waals surface area contributed by atoms with Crippen molar-refractivity contribution < 1.29 is 23.8 Å². The van der Waals surface area contributed by atoms with Gasteiger partial charge in [0, 0.05) is 6.21 Å². The summed E-state index contributed by atoms with van der Waals surface area (Å²) in [5, 5.41) is 8.73. The summed E-state index contributed by atoms with van der Waals surface area (Å²) in [5.74, 6) is 0.625. The first kappa shape index (κ1) is 44.2. The fourth-order valence-electron chi connectivity index (χ4n) is 6.46. The van der Waals surface area contributed by atoms with Crippen LogP contribution in [-0.2, 0) is 6.42 Å². The van der Waals surface area contributed by atoms with E-state index in [-0.39, 0.29) is 0 Å². The van der Waals surface area contributed by atoms with Gasteiger partial charge in [0.15, 0.2) is 0 Å². The van der Waals surface area contributed by atoms with Crippen molar-refractivity contribution in [3.8, 4) is 17.2 Å². The Bertz CT molecular complexity index is 2040. The predicted octanol–water partition coefficient (Wildman–Crippen LogP) is 14.7. The summed E-state index contributed by atoms with van der Waals surface area (Å²) < 4.78 is 17.0. The van der Waals surface area contributed by atoms with Crippen LogP contribution in [0.1, 0.15) is 136 Å². The lowest BCUT2D eigenvalue weighted by atomic mass is 10.0. The largest absolute Gasteiger partial charge is 0.494 e. The van der Waals surface area contributed by atoms with E-state index in [1.54, 1.807) is 91.1 Å². The minimum atomic E-state index is -0.495. The fourth-order valence-corrected chi connectivity index (χ4v) is 6.46. The Morgan fingerprint density at radius 2 is 1.00 bits per heavy atom. The Kier molecular flexibility index (Phi) is 19.1. The molecule has 0 N–H and O–H groups in total. The zero-order chi connectivity index (χ0) is 41.3. The Morgan fingerprint density at radius 3 is 1.61 bits per heavy atom. The molecule has 0 aliphatic rings. The number of ether oxygens (including phenoxy) is 3. The Labute approximate surface area is 350 Å². The molecule has 59 heavy (non-hydrogen) atoms. The van der Waals surface area contributed by atoms with Gasteiger partial charge in [-0.25, -0.2) is 9.59 Å². The third-order valence-electron chi connectivity index (χ3n) is 9.98. The van der Waals surface area contributed by atoms with Crippen molar-refractivity contribution in [2.75, 3.05) is 6.61 Å². The lowest BCUT2D eigenvalue weighted by Gasteiger charge is -2.08. The first-order chi connectivity index (χ1) is 29.0. The van der Waals surface area contributed by atoms with Crippen molar-refractivity contribution in [3.63, 3.8) is 0 Å². The molecule has 0 aliphatic heterocycles. The number of hydrogen-bond acceptors (Lipinski definition) is 8. The van der Waals surface area contributed by atoms with Crippen molar-refractivity contribution in [2.45, 2.75) is 110 Å². The van der Waals surface area contributed by atoms with Crippen molar-refractivity contribution in [1.29, 1.82) is 0 Å². The van der Waals surface area contributed by atoms with Gasteiger partial charge < -0.3 is 14.2 Å². The lowest BCUT2D eigenvalue weighted by molar-refractivity contribution is 0.0725. The van der Waals surface area contributed by atoms with Crippen molar-refractivity contribution in [3.05, 3.63) is 144 Å². The van der Waals surface area contributed by atoms with Crippen molar-refractivity contribution in [1.82, 2.24) is 0 Å². The molecule has 0 spiro atoms. The second-order valence-corrected chi connectivity index (χ2v) is 14.9. The van der Waals surface area contributed by atoms with Gasteiger partial charge in [0.1, 0.15) is 17.2 Å². The van der Waals surface area contributed by atoms with Crippen LogP contribution >= 0.6 is 0 Å². The number of azo groups is 1. The van der Waals surface area contributed by atoms with Crippen LogP contribution in [0.4, 0.5) is 17.1 Å². The molecule has 0 unspecified atom stereocenters. The molecule has 0 aliphatic carbocycles. The Balaban J connectivity index is 1.02. The summed E-state index contributed by atoms with van der Waals surface area (Å²) in [4.78, 5) is 30.2. The number of esters is 2. The molecule has 5 rings (SSSR count). The number of aliphatic imine (C=N–C) groups is 1. The van der Waals surface area contributed by atoms with E-state index in [4.69, 9.17) is 14.2 Å². The number of nitrogens with zero attached hydrogens (tertiary/aromatic N) is 3. The van der Waals surface area contributed by atoms with Crippen LogP contribution in [-0.4, -0.2) is 24.8 Å². The maximum absolute atomic E-state index is 13.0. The molecule has 0 saturated heterocycles. The molecule has 5 aromatic rings. The van der Waals surface area contributed by atoms with Gasteiger partial charge in [-0.2, -0.15) is 10.2 Å². The van der Waals surface area contributed by atoms with E-state index in [2.05, 4.69) is 41.2 Å². The molecule has 0 fully saturated rings. The van der Waals surface area contributed by atoms with Gasteiger partial charge in [0.25, 0.3) is 0 Å². The standard InChI is InChI=1S/C51H59N3O5/c1-3-5-7-9-11-12-13-15-18-40-21-27-44(28-22-40)53-54-45-29-35-49(36-30-45)59-51(56)43-19-17-20-46(38-43)52-39-41-23-31-48(32-24-41)58-50(55)42-25-33-47(34-26-42)57-37-16-14-10-8-6-4-2/h17,19-36,38-39H,3-16,18,37H2,1-2H3. The van der Waals surface area contributed by atoms with E-state index < -0.39 is 11.9 Å².